The molecule has 1 aromatic carbocycles. The number of pyridine rings is 2. The number of nitriles is 1. The highest BCUT2D eigenvalue weighted by atomic mass is 35.5. The number of benzene rings is 1. The molecule has 2 fully saturated rings. The van der Waals surface area contributed by atoms with Gasteiger partial charge in [-0.25, -0.2) is 27.0 Å². The summed E-state index contributed by atoms with van der Waals surface area (Å²) in [5, 5.41) is 18.2. The molecule has 1 aliphatic carbocycles. The van der Waals surface area contributed by atoms with Crippen LogP contribution in [0.1, 0.15) is 5.56 Å². The van der Waals surface area contributed by atoms with Crippen molar-refractivity contribution in [2.75, 3.05) is 18.0 Å². The monoisotopic (exact) mass is 588 g/mol. The Morgan fingerprint density at radius 1 is 1.05 bits per heavy atom. The molecule has 0 amide bonds. The minimum atomic E-state index is -4.09. The second-order valence-electron chi connectivity index (χ2n) is 10.3. The fraction of sp³-hybridized carbons (Fsp3) is 0.214. The van der Waals surface area contributed by atoms with Gasteiger partial charge in [0.2, 0.25) is 10.0 Å². The van der Waals surface area contributed by atoms with Gasteiger partial charge in [-0.05, 0) is 42.2 Å². The normalized spacial score (nSPS) is 19.9. The first-order chi connectivity index (χ1) is 19.7. The summed E-state index contributed by atoms with van der Waals surface area (Å²) >= 11 is 5.98. The second-order valence-corrected chi connectivity index (χ2v) is 12.4. The van der Waals surface area contributed by atoms with Crippen molar-refractivity contribution >= 4 is 33.0 Å². The van der Waals surface area contributed by atoms with E-state index in [1.165, 1.54) is 12.1 Å². The molecule has 0 radical (unpaired) electrons. The first-order valence-corrected chi connectivity index (χ1v) is 14.7. The molecule has 0 bridgehead atoms. The second kappa shape index (κ2) is 9.37. The lowest BCUT2D eigenvalue weighted by Gasteiger charge is -2.21. The van der Waals surface area contributed by atoms with Crippen LogP contribution in [0.15, 0.2) is 72.3 Å². The number of piperidine rings is 1. The van der Waals surface area contributed by atoms with Gasteiger partial charge in [0.05, 0.1) is 28.5 Å². The third-order valence-corrected chi connectivity index (χ3v) is 9.79. The SMILES string of the molecule is Cn1cc(-c2cc(-c3ccc(N4C[C@@H]5C(NS(=O)(=O)c6c(F)cccc6Cl)[C@@H]5C4)nc3)c3c(C#N)cnn3c2)cn1. The molecule has 3 atom stereocenters. The largest absolute Gasteiger partial charge is 0.356 e. The highest BCUT2D eigenvalue weighted by Gasteiger charge is 2.57. The molecule has 5 aromatic rings. The van der Waals surface area contributed by atoms with Crippen molar-refractivity contribution in [1.29, 1.82) is 5.26 Å². The quantitative estimate of drug-likeness (QED) is 0.319. The van der Waals surface area contributed by atoms with Gasteiger partial charge in [0.1, 0.15) is 22.6 Å². The zero-order valence-corrected chi connectivity index (χ0v) is 23.2. The minimum Gasteiger partial charge on any atom is -0.356 e. The van der Waals surface area contributed by atoms with Gasteiger partial charge in [-0.2, -0.15) is 15.5 Å². The molecule has 10 nitrogen and oxygen atoms in total. The third kappa shape index (κ3) is 4.33. The number of rotatable bonds is 6. The van der Waals surface area contributed by atoms with Crippen molar-refractivity contribution < 1.29 is 12.8 Å². The van der Waals surface area contributed by atoms with Crippen molar-refractivity contribution in [2.24, 2.45) is 18.9 Å². The Hall–Kier alpha value is -4.31. The van der Waals surface area contributed by atoms with E-state index in [1.807, 2.05) is 37.6 Å². The van der Waals surface area contributed by atoms with Crippen LogP contribution in [0.25, 0.3) is 27.8 Å². The summed E-state index contributed by atoms with van der Waals surface area (Å²) in [6.45, 7) is 1.24. The van der Waals surface area contributed by atoms with Crippen LogP contribution >= 0.6 is 11.6 Å². The molecule has 13 heteroatoms. The standard InChI is InChI=1S/C28H22ClFN8O2S/c1-36-12-19(11-33-36)17-7-20(27-18(8-31)10-34-38(27)13-17)16-5-6-25(32-9-16)37-14-21-22(15-37)26(21)35-41(39,40)28-23(29)3-2-4-24(28)30/h2-7,9-13,21-22,26,35H,14-15H2,1H3/t21-,22+,26?. The molecule has 4 aromatic heterocycles. The third-order valence-electron chi connectivity index (χ3n) is 7.83. The molecule has 1 aliphatic heterocycles. The van der Waals surface area contributed by atoms with Crippen LogP contribution in [0.3, 0.4) is 0 Å². The van der Waals surface area contributed by atoms with E-state index in [0.29, 0.717) is 24.2 Å². The molecule has 1 saturated carbocycles. The van der Waals surface area contributed by atoms with E-state index in [9.17, 15) is 18.1 Å². The van der Waals surface area contributed by atoms with Crippen molar-refractivity contribution in [2.45, 2.75) is 10.9 Å². The van der Waals surface area contributed by atoms with Gasteiger partial charge >= 0.3 is 0 Å². The van der Waals surface area contributed by atoms with Gasteiger partial charge < -0.3 is 4.90 Å². The molecule has 2 aliphatic rings. The van der Waals surface area contributed by atoms with E-state index in [0.717, 1.165) is 34.1 Å². The maximum Gasteiger partial charge on any atom is 0.245 e. The number of hydrogen-bond donors (Lipinski definition) is 1. The number of nitrogens with one attached hydrogen (secondary N) is 1. The van der Waals surface area contributed by atoms with E-state index in [-0.39, 0.29) is 22.9 Å². The number of hydrogen-bond acceptors (Lipinski definition) is 7. The van der Waals surface area contributed by atoms with Crippen LogP contribution in [-0.4, -0.2) is 51.9 Å². The average Bonchev–Trinajstić information content (AvgIpc) is 3.41. The first kappa shape index (κ1) is 25.6. The zero-order chi connectivity index (χ0) is 28.5. The highest BCUT2D eigenvalue weighted by molar-refractivity contribution is 7.89. The predicted molar refractivity (Wildman–Crippen MR) is 150 cm³/mol. The lowest BCUT2D eigenvalue weighted by atomic mass is 10.0. The molecule has 1 N–H and O–H groups in total. The van der Waals surface area contributed by atoms with Gasteiger partial charge in [-0.15, -0.1) is 0 Å². The summed E-state index contributed by atoms with van der Waals surface area (Å²) in [5.41, 5.74) is 4.65. The van der Waals surface area contributed by atoms with E-state index in [2.05, 4.69) is 25.9 Å². The molecule has 1 unspecified atom stereocenters. The Balaban J connectivity index is 1.11. The van der Waals surface area contributed by atoms with E-state index < -0.39 is 20.7 Å². The Labute approximate surface area is 239 Å². The van der Waals surface area contributed by atoms with Gasteiger partial charge in [-0.1, -0.05) is 17.7 Å². The summed E-state index contributed by atoms with van der Waals surface area (Å²) in [7, 11) is -2.23. The maximum atomic E-state index is 14.2. The van der Waals surface area contributed by atoms with E-state index in [4.69, 9.17) is 16.6 Å². The fourth-order valence-corrected chi connectivity index (χ4v) is 7.69. The van der Waals surface area contributed by atoms with Crippen molar-refractivity contribution in [3.8, 4) is 28.3 Å². The van der Waals surface area contributed by atoms with Crippen LogP contribution in [0.4, 0.5) is 10.2 Å². The summed E-state index contributed by atoms with van der Waals surface area (Å²) in [5.74, 6) is 0.0890. The molecular weight excluding hydrogens is 567 g/mol. The molecule has 206 valence electrons. The Bertz CT molecular complexity index is 1950. The number of fused-ring (bicyclic) bond motifs is 2. The minimum absolute atomic E-state index is 0.0950. The Morgan fingerprint density at radius 2 is 1.85 bits per heavy atom. The van der Waals surface area contributed by atoms with Crippen molar-refractivity contribution in [3.05, 3.63) is 83.8 Å². The maximum absolute atomic E-state index is 14.2. The zero-order valence-electron chi connectivity index (χ0n) is 21.6. The van der Waals surface area contributed by atoms with E-state index in [1.54, 1.807) is 27.8 Å². The topological polar surface area (TPSA) is 121 Å². The number of aryl methyl sites for hydroxylation is 1. The summed E-state index contributed by atoms with van der Waals surface area (Å²) in [6.07, 6.45) is 8.89. The van der Waals surface area contributed by atoms with E-state index >= 15 is 0 Å². The lowest BCUT2D eigenvalue weighted by molar-refractivity contribution is 0.550. The molecule has 41 heavy (non-hydrogen) atoms. The van der Waals surface area contributed by atoms with Crippen LogP contribution in [-0.2, 0) is 17.1 Å². The number of nitrogens with zero attached hydrogens (tertiary/aromatic N) is 7. The van der Waals surface area contributed by atoms with Crippen LogP contribution in [0.5, 0.6) is 0 Å². The molecule has 0 spiro atoms. The van der Waals surface area contributed by atoms with Crippen LogP contribution in [0.2, 0.25) is 5.02 Å². The molecule has 7 rings (SSSR count). The summed E-state index contributed by atoms with van der Waals surface area (Å²) in [6, 6.07) is 11.7. The number of halogens is 2. The van der Waals surface area contributed by atoms with Crippen LogP contribution < -0.4 is 9.62 Å². The lowest BCUT2D eigenvalue weighted by Crippen LogP contribution is -2.35. The smallest absolute Gasteiger partial charge is 0.245 e. The summed E-state index contributed by atoms with van der Waals surface area (Å²) < 4.78 is 45.9. The van der Waals surface area contributed by atoms with Gasteiger partial charge in [0.25, 0.3) is 0 Å². The first-order valence-electron chi connectivity index (χ1n) is 12.8. The predicted octanol–water partition coefficient (Wildman–Crippen LogP) is 3.87. The number of anilines is 1. The Kier molecular flexibility index (Phi) is 5.86. The summed E-state index contributed by atoms with van der Waals surface area (Å²) in [4.78, 5) is 6.31. The van der Waals surface area contributed by atoms with Crippen LogP contribution in [0, 0.1) is 29.0 Å². The molecule has 5 heterocycles. The average molecular weight is 589 g/mol. The highest BCUT2D eigenvalue weighted by Crippen LogP contribution is 2.47. The van der Waals surface area contributed by atoms with Gasteiger partial charge in [0.15, 0.2) is 0 Å². The van der Waals surface area contributed by atoms with Crippen molar-refractivity contribution in [3.63, 3.8) is 0 Å². The Morgan fingerprint density at radius 3 is 2.51 bits per heavy atom. The van der Waals surface area contributed by atoms with Gasteiger partial charge in [0, 0.05) is 67.0 Å². The number of aromatic nitrogens is 5. The fourth-order valence-electron chi connectivity index (χ4n) is 5.75. The number of sulfonamides is 1. The van der Waals surface area contributed by atoms with Gasteiger partial charge in [-0.3, -0.25) is 4.68 Å². The molecule has 1 saturated heterocycles. The van der Waals surface area contributed by atoms with Crippen molar-refractivity contribution in [1.82, 2.24) is 29.1 Å². The molecular formula is C28H22ClFN8O2S.